The number of quaternary nitrogens is 1. The minimum Gasteiger partial charge on any atom is -0.462 e. The van der Waals surface area contributed by atoms with Gasteiger partial charge < -0.3 is 19.1 Å². The summed E-state index contributed by atoms with van der Waals surface area (Å²) in [5.74, 6) is -0.855. The molecule has 1 aliphatic heterocycles. The van der Waals surface area contributed by atoms with Crippen LogP contribution in [0, 0.1) is 5.92 Å². The Hall–Kier alpha value is -1.92. The fourth-order valence-corrected chi connectivity index (χ4v) is 5.59. The molecule has 1 aromatic rings. The highest BCUT2D eigenvalue weighted by atomic mass is 16.6. The van der Waals surface area contributed by atoms with Gasteiger partial charge in [-0.15, -0.1) is 0 Å². The molecular formula is C28H44NO5+. The molecule has 3 rings (SSSR count). The molecule has 1 heterocycles. The van der Waals surface area contributed by atoms with Crippen molar-refractivity contribution in [2.24, 2.45) is 5.92 Å². The Labute approximate surface area is 205 Å². The monoisotopic (exact) mass is 474 g/mol. The van der Waals surface area contributed by atoms with Gasteiger partial charge in [-0.05, 0) is 24.8 Å². The first kappa shape index (κ1) is 26.7. The van der Waals surface area contributed by atoms with Gasteiger partial charge in [-0.1, -0.05) is 82.2 Å². The van der Waals surface area contributed by atoms with Gasteiger partial charge in [0.05, 0.1) is 20.2 Å². The molecule has 0 amide bonds. The number of ether oxygens (including phenoxy) is 2. The summed E-state index contributed by atoms with van der Waals surface area (Å²) in [4.78, 5) is 25.7. The van der Waals surface area contributed by atoms with E-state index < -0.39 is 11.6 Å². The first-order chi connectivity index (χ1) is 16.4. The molecule has 2 aliphatic rings. The van der Waals surface area contributed by atoms with E-state index in [4.69, 9.17) is 9.47 Å². The summed E-state index contributed by atoms with van der Waals surface area (Å²) >= 11 is 0. The van der Waals surface area contributed by atoms with Crippen LogP contribution in [-0.2, 0) is 24.7 Å². The van der Waals surface area contributed by atoms with Crippen molar-refractivity contribution in [3.63, 3.8) is 0 Å². The Morgan fingerprint density at radius 1 is 1.03 bits per heavy atom. The van der Waals surface area contributed by atoms with Crippen LogP contribution in [0.1, 0.15) is 83.1 Å². The summed E-state index contributed by atoms with van der Waals surface area (Å²) in [7, 11) is 2.01. The van der Waals surface area contributed by atoms with Crippen molar-refractivity contribution in [2.75, 3.05) is 33.3 Å². The van der Waals surface area contributed by atoms with Crippen LogP contribution < -0.4 is 0 Å². The van der Waals surface area contributed by atoms with Gasteiger partial charge in [0, 0.05) is 12.3 Å². The fraction of sp³-hybridized carbons (Fsp3) is 0.714. The standard InChI is InChI=1S/C28H44NO5/c1-3-4-5-6-7-13-20-33-26(30)22-29(2)19-18-25(21-29)34-27(31)28(32,24-16-11-12-17-24)23-14-9-8-10-15-23/h8-10,14-15,24-25,32H,3-7,11-13,16-22H2,1-2H3/q+1/t25-,28-,29-/m0/s1. The van der Waals surface area contributed by atoms with Crippen LogP contribution in [0.3, 0.4) is 0 Å². The number of rotatable bonds is 13. The van der Waals surface area contributed by atoms with Gasteiger partial charge in [-0.3, -0.25) is 0 Å². The maximum Gasteiger partial charge on any atom is 0.361 e. The molecule has 0 bridgehead atoms. The number of esters is 2. The molecule has 0 unspecified atom stereocenters. The Bertz CT molecular complexity index is 778. The van der Waals surface area contributed by atoms with Crippen LogP contribution in [0.5, 0.6) is 0 Å². The van der Waals surface area contributed by atoms with Gasteiger partial charge in [0.1, 0.15) is 6.54 Å². The summed E-state index contributed by atoms with van der Waals surface area (Å²) in [6.07, 6.45) is 11.0. The Balaban J connectivity index is 1.49. The van der Waals surface area contributed by atoms with Gasteiger partial charge >= 0.3 is 11.9 Å². The van der Waals surface area contributed by atoms with E-state index in [1.807, 2.05) is 37.4 Å². The third kappa shape index (κ3) is 7.05. The lowest BCUT2D eigenvalue weighted by molar-refractivity contribution is -0.891. The van der Waals surface area contributed by atoms with Gasteiger partial charge in [0.2, 0.25) is 0 Å². The zero-order valence-electron chi connectivity index (χ0n) is 21.2. The van der Waals surface area contributed by atoms with Crippen molar-refractivity contribution >= 4 is 11.9 Å². The SMILES string of the molecule is CCCCCCCCOC(=O)C[N@@+]1(C)CC[C@H](OC(=O)[C@](O)(c2ccccc2)C2CCCC2)C1. The average Bonchev–Trinajstić information content (AvgIpc) is 3.49. The number of carbonyl (C=O) groups is 2. The molecule has 1 aromatic carbocycles. The summed E-state index contributed by atoms with van der Waals surface area (Å²) in [5, 5.41) is 11.6. The molecule has 1 saturated heterocycles. The second-order valence-corrected chi connectivity index (χ2v) is 10.6. The smallest absolute Gasteiger partial charge is 0.361 e. The third-order valence-corrected chi connectivity index (χ3v) is 7.65. The fourth-order valence-electron chi connectivity index (χ4n) is 5.59. The van der Waals surface area contributed by atoms with Crippen LogP contribution in [0.25, 0.3) is 0 Å². The first-order valence-corrected chi connectivity index (χ1v) is 13.4. The molecule has 6 heteroatoms. The van der Waals surface area contributed by atoms with Crippen LogP contribution >= 0.6 is 0 Å². The first-order valence-electron chi connectivity index (χ1n) is 13.4. The molecule has 0 spiro atoms. The van der Waals surface area contributed by atoms with Gasteiger partial charge in [0.15, 0.2) is 18.2 Å². The molecular weight excluding hydrogens is 430 g/mol. The highest BCUT2D eigenvalue weighted by Gasteiger charge is 2.50. The van der Waals surface area contributed by atoms with Crippen LogP contribution in [0.2, 0.25) is 0 Å². The van der Waals surface area contributed by atoms with E-state index in [1.165, 1.54) is 25.7 Å². The van der Waals surface area contributed by atoms with Gasteiger partial charge in [-0.2, -0.15) is 0 Å². The maximum atomic E-state index is 13.3. The summed E-state index contributed by atoms with van der Waals surface area (Å²) in [5.41, 5.74) is -1.000. The zero-order chi connectivity index (χ0) is 24.4. The molecule has 1 saturated carbocycles. The lowest BCUT2D eigenvalue weighted by Gasteiger charge is -2.33. The van der Waals surface area contributed by atoms with Crippen LogP contribution in [0.4, 0.5) is 0 Å². The Morgan fingerprint density at radius 3 is 2.41 bits per heavy atom. The molecule has 190 valence electrons. The van der Waals surface area contributed by atoms with E-state index in [-0.39, 0.29) is 24.5 Å². The molecule has 1 N–H and O–H groups in total. The lowest BCUT2D eigenvalue weighted by atomic mass is 9.80. The van der Waals surface area contributed by atoms with Crippen molar-refractivity contribution in [1.29, 1.82) is 0 Å². The molecule has 34 heavy (non-hydrogen) atoms. The highest BCUT2D eigenvalue weighted by Crippen LogP contribution is 2.42. The van der Waals surface area contributed by atoms with E-state index >= 15 is 0 Å². The van der Waals surface area contributed by atoms with E-state index in [1.54, 1.807) is 0 Å². The predicted molar refractivity (Wildman–Crippen MR) is 132 cm³/mol. The quantitative estimate of drug-likeness (QED) is 0.254. The number of likely N-dealkylation sites (tertiary alicyclic amines) is 1. The Kier molecular flexibility index (Phi) is 9.96. The summed E-state index contributed by atoms with van der Waals surface area (Å²) < 4.78 is 11.9. The van der Waals surface area contributed by atoms with E-state index in [9.17, 15) is 14.7 Å². The number of benzene rings is 1. The molecule has 3 atom stereocenters. The van der Waals surface area contributed by atoms with E-state index in [2.05, 4.69) is 6.92 Å². The van der Waals surface area contributed by atoms with Crippen molar-refractivity contribution in [3.8, 4) is 0 Å². The largest absolute Gasteiger partial charge is 0.462 e. The second-order valence-electron chi connectivity index (χ2n) is 10.6. The highest BCUT2D eigenvalue weighted by molar-refractivity contribution is 5.81. The topological polar surface area (TPSA) is 72.8 Å². The minimum atomic E-state index is -1.61. The molecule has 0 aromatic heterocycles. The third-order valence-electron chi connectivity index (χ3n) is 7.65. The summed E-state index contributed by atoms with van der Waals surface area (Å²) in [6.45, 7) is 4.28. The second kappa shape index (κ2) is 12.7. The maximum absolute atomic E-state index is 13.3. The summed E-state index contributed by atoms with van der Waals surface area (Å²) in [6, 6.07) is 9.21. The van der Waals surface area contributed by atoms with E-state index in [0.29, 0.717) is 29.6 Å². The van der Waals surface area contributed by atoms with Crippen molar-refractivity contribution in [2.45, 2.75) is 89.3 Å². The van der Waals surface area contributed by atoms with Gasteiger partial charge in [-0.25, -0.2) is 9.59 Å². The Morgan fingerprint density at radius 2 is 1.71 bits per heavy atom. The van der Waals surface area contributed by atoms with Crippen molar-refractivity contribution < 1.29 is 28.7 Å². The number of nitrogens with zero attached hydrogens (tertiary/aromatic N) is 1. The number of aliphatic hydroxyl groups is 1. The number of carbonyl (C=O) groups excluding carboxylic acids is 2. The molecule has 1 aliphatic carbocycles. The van der Waals surface area contributed by atoms with Gasteiger partial charge in [0.25, 0.3) is 0 Å². The van der Waals surface area contributed by atoms with E-state index in [0.717, 1.165) is 45.1 Å². The van der Waals surface area contributed by atoms with Crippen molar-refractivity contribution in [1.82, 2.24) is 0 Å². The zero-order valence-corrected chi connectivity index (χ0v) is 21.2. The number of unbranched alkanes of at least 4 members (excludes halogenated alkanes) is 5. The van der Waals surface area contributed by atoms with Crippen molar-refractivity contribution in [3.05, 3.63) is 35.9 Å². The number of hydrogen-bond donors (Lipinski definition) is 1. The number of hydrogen-bond acceptors (Lipinski definition) is 5. The van der Waals surface area contributed by atoms with Crippen LogP contribution in [-0.4, -0.2) is 60.9 Å². The number of likely N-dealkylation sites (N-methyl/N-ethyl adjacent to an activating group) is 1. The lowest BCUT2D eigenvalue weighted by Crippen LogP contribution is -2.48. The molecule has 0 radical (unpaired) electrons. The minimum absolute atomic E-state index is 0.123. The normalized spacial score (nSPS) is 24.6. The average molecular weight is 475 g/mol. The van der Waals surface area contributed by atoms with Crippen LogP contribution in [0.15, 0.2) is 30.3 Å². The predicted octanol–water partition coefficient (Wildman–Crippen LogP) is 4.73. The molecule has 6 nitrogen and oxygen atoms in total. The molecule has 2 fully saturated rings.